The van der Waals surface area contributed by atoms with Gasteiger partial charge in [0.15, 0.2) is 5.69 Å². The Kier molecular flexibility index (Phi) is 6.10. The molecule has 1 heterocycles. The van der Waals surface area contributed by atoms with E-state index in [2.05, 4.69) is 10.4 Å². The van der Waals surface area contributed by atoms with Crippen LogP contribution in [0.2, 0.25) is 0 Å². The number of carbonyl (C=O) groups is 2. The normalized spacial score (nSPS) is 10.4. The zero-order chi connectivity index (χ0) is 18.4. The van der Waals surface area contributed by atoms with Crippen LogP contribution >= 0.6 is 0 Å². The first-order valence-corrected chi connectivity index (χ1v) is 8.09. The molecule has 2 rings (SSSR count). The van der Waals surface area contributed by atoms with Crippen molar-refractivity contribution in [3.05, 3.63) is 41.8 Å². The van der Waals surface area contributed by atoms with Gasteiger partial charge in [-0.3, -0.25) is 5.32 Å². The lowest BCUT2D eigenvalue weighted by Gasteiger charge is -2.19. The molecular weight excluding hydrogens is 327 g/mol. The molecule has 134 valence electrons. The lowest BCUT2D eigenvalue weighted by Crippen LogP contribution is -2.35. The lowest BCUT2D eigenvalue weighted by molar-refractivity contribution is 0.0519. The van der Waals surface area contributed by atoms with Crippen molar-refractivity contribution in [1.29, 1.82) is 0 Å². The Morgan fingerprint density at radius 1 is 1.20 bits per heavy atom. The van der Waals surface area contributed by atoms with Crippen LogP contribution in [0, 0.1) is 5.82 Å². The number of halogens is 1. The summed E-state index contributed by atoms with van der Waals surface area (Å²) in [5.41, 5.74) is 0.563. The molecule has 0 bridgehead atoms. The lowest BCUT2D eigenvalue weighted by atomic mass is 10.3. The summed E-state index contributed by atoms with van der Waals surface area (Å²) < 4.78 is 19.5. The number of carbonyl (C=O) groups excluding carboxylic acids is 2. The summed E-state index contributed by atoms with van der Waals surface area (Å²) in [6.45, 7) is 6.71. The van der Waals surface area contributed by atoms with Crippen molar-refractivity contribution in [3.8, 4) is 5.69 Å². The van der Waals surface area contributed by atoms with Crippen molar-refractivity contribution in [2.24, 2.45) is 0 Å². The van der Waals surface area contributed by atoms with E-state index in [9.17, 15) is 14.0 Å². The van der Waals surface area contributed by atoms with Crippen LogP contribution in [0.1, 0.15) is 31.3 Å². The van der Waals surface area contributed by atoms with Gasteiger partial charge in [0.2, 0.25) is 0 Å². The van der Waals surface area contributed by atoms with Crippen LogP contribution in [0.15, 0.2) is 30.3 Å². The highest BCUT2D eigenvalue weighted by molar-refractivity contribution is 5.92. The molecule has 8 heteroatoms. The molecule has 0 aliphatic rings. The summed E-state index contributed by atoms with van der Waals surface area (Å²) in [5.74, 6) is -0.691. The van der Waals surface area contributed by atoms with E-state index in [1.807, 2.05) is 13.8 Å². The molecule has 7 nitrogen and oxygen atoms in total. The molecule has 2 amide bonds. The number of esters is 1. The second kappa shape index (κ2) is 8.27. The van der Waals surface area contributed by atoms with Crippen molar-refractivity contribution in [2.45, 2.75) is 20.8 Å². The molecule has 0 unspecified atom stereocenters. The van der Waals surface area contributed by atoms with Crippen molar-refractivity contribution < 1.29 is 18.7 Å². The van der Waals surface area contributed by atoms with Gasteiger partial charge in [-0.05, 0) is 45.0 Å². The van der Waals surface area contributed by atoms with Crippen molar-refractivity contribution >= 4 is 17.8 Å². The summed E-state index contributed by atoms with van der Waals surface area (Å²) in [5, 5.41) is 6.91. The fourth-order valence-corrected chi connectivity index (χ4v) is 2.25. The van der Waals surface area contributed by atoms with Gasteiger partial charge < -0.3 is 9.64 Å². The Bertz CT molecular complexity index is 739. The predicted molar refractivity (Wildman–Crippen MR) is 91.4 cm³/mol. The summed E-state index contributed by atoms with van der Waals surface area (Å²) in [4.78, 5) is 25.9. The number of benzene rings is 1. The van der Waals surface area contributed by atoms with Crippen LogP contribution in [-0.4, -0.2) is 46.4 Å². The number of ether oxygens (including phenoxy) is 1. The first kappa shape index (κ1) is 18.4. The SMILES string of the molecule is CCOC(=O)c1cc(NC(=O)N(CC)CC)n(-c2ccc(F)cc2)n1. The average molecular weight is 348 g/mol. The Labute approximate surface area is 145 Å². The predicted octanol–water partition coefficient (Wildman–Crippen LogP) is 3.06. The number of aromatic nitrogens is 2. The van der Waals surface area contributed by atoms with E-state index in [1.165, 1.54) is 35.0 Å². The molecule has 1 aromatic carbocycles. The highest BCUT2D eigenvalue weighted by Crippen LogP contribution is 2.19. The second-order valence-corrected chi connectivity index (χ2v) is 5.13. The number of anilines is 1. The van der Waals surface area contributed by atoms with Crippen LogP contribution in [0.3, 0.4) is 0 Å². The van der Waals surface area contributed by atoms with Gasteiger partial charge in [-0.15, -0.1) is 0 Å². The second-order valence-electron chi connectivity index (χ2n) is 5.13. The van der Waals surface area contributed by atoms with Gasteiger partial charge in [-0.2, -0.15) is 5.10 Å². The van der Waals surface area contributed by atoms with E-state index < -0.39 is 11.8 Å². The van der Waals surface area contributed by atoms with Crippen LogP contribution in [0.25, 0.3) is 5.69 Å². The van der Waals surface area contributed by atoms with E-state index >= 15 is 0 Å². The highest BCUT2D eigenvalue weighted by atomic mass is 19.1. The zero-order valence-electron chi connectivity index (χ0n) is 14.5. The zero-order valence-corrected chi connectivity index (χ0v) is 14.5. The fourth-order valence-electron chi connectivity index (χ4n) is 2.25. The molecule has 0 saturated carbocycles. The maximum Gasteiger partial charge on any atom is 0.358 e. The van der Waals surface area contributed by atoms with E-state index in [4.69, 9.17) is 4.74 Å². The van der Waals surface area contributed by atoms with E-state index in [1.54, 1.807) is 11.8 Å². The summed E-state index contributed by atoms with van der Waals surface area (Å²) in [6.07, 6.45) is 0. The summed E-state index contributed by atoms with van der Waals surface area (Å²) in [7, 11) is 0. The Morgan fingerprint density at radius 2 is 1.84 bits per heavy atom. The largest absolute Gasteiger partial charge is 0.461 e. The summed E-state index contributed by atoms with van der Waals surface area (Å²) >= 11 is 0. The van der Waals surface area contributed by atoms with Gasteiger partial charge in [0.05, 0.1) is 12.3 Å². The van der Waals surface area contributed by atoms with Crippen molar-refractivity contribution in [1.82, 2.24) is 14.7 Å². The van der Waals surface area contributed by atoms with Gasteiger partial charge >= 0.3 is 12.0 Å². The quantitative estimate of drug-likeness (QED) is 0.814. The molecule has 0 saturated heterocycles. The van der Waals surface area contributed by atoms with E-state index in [0.29, 0.717) is 24.6 Å². The average Bonchev–Trinajstić information content (AvgIpc) is 3.01. The smallest absolute Gasteiger partial charge is 0.358 e. The summed E-state index contributed by atoms with van der Waals surface area (Å²) in [6, 6.07) is 6.68. The molecule has 1 aromatic heterocycles. The minimum atomic E-state index is -0.596. The van der Waals surface area contributed by atoms with Crippen molar-refractivity contribution in [2.75, 3.05) is 25.0 Å². The maximum atomic E-state index is 13.2. The third-order valence-electron chi connectivity index (χ3n) is 3.55. The topological polar surface area (TPSA) is 76.5 Å². The highest BCUT2D eigenvalue weighted by Gasteiger charge is 2.19. The first-order valence-electron chi connectivity index (χ1n) is 8.09. The third kappa shape index (κ3) is 4.34. The molecule has 0 spiro atoms. The monoisotopic (exact) mass is 348 g/mol. The molecular formula is C17H21FN4O3. The van der Waals surface area contributed by atoms with Gasteiger partial charge in [-0.25, -0.2) is 18.7 Å². The van der Waals surface area contributed by atoms with Crippen LogP contribution < -0.4 is 5.32 Å². The third-order valence-corrected chi connectivity index (χ3v) is 3.55. The Hall–Kier alpha value is -2.90. The number of hydrogen-bond donors (Lipinski definition) is 1. The standard InChI is InChI=1S/C17H21FN4O3/c1-4-21(5-2)17(24)19-15-11-14(16(23)25-6-3)20-22(15)13-9-7-12(18)8-10-13/h7-11H,4-6H2,1-3H3,(H,19,24). The van der Waals surface area contributed by atoms with E-state index in [0.717, 1.165) is 0 Å². The number of hydrogen-bond acceptors (Lipinski definition) is 4. The van der Waals surface area contributed by atoms with Gasteiger partial charge in [0.25, 0.3) is 0 Å². The molecule has 0 aliphatic heterocycles. The fraction of sp³-hybridized carbons (Fsp3) is 0.353. The number of nitrogens with one attached hydrogen (secondary N) is 1. The molecule has 0 atom stereocenters. The minimum absolute atomic E-state index is 0.0565. The van der Waals surface area contributed by atoms with Crippen LogP contribution in [0.4, 0.5) is 15.0 Å². The van der Waals surface area contributed by atoms with Crippen LogP contribution in [-0.2, 0) is 4.74 Å². The van der Waals surface area contributed by atoms with Gasteiger partial charge in [0.1, 0.15) is 11.6 Å². The molecule has 0 radical (unpaired) electrons. The van der Waals surface area contributed by atoms with Crippen LogP contribution in [0.5, 0.6) is 0 Å². The molecule has 25 heavy (non-hydrogen) atoms. The van der Waals surface area contributed by atoms with Gasteiger partial charge in [0, 0.05) is 19.2 Å². The van der Waals surface area contributed by atoms with Crippen molar-refractivity contribution in [3.63, 3.8) is 0 Å². The number of rotatable bonds is 6. The maximum absolute atomic E-state index is 13.2. The van der Waals surface area contributed by atoms with E-state index in [-0.39, 0.29) is 18.3 Å². The molecule has 0 fully saturated rings. The first-order chi connectivity index (χ1) is 12.0. The minimum Gasteiger partial charge on any atom is -0.461 e. The number of amides is 2. The number of urea groups is 1. The molecule has 2 aromatic rings. The number of nitrogens with zero attached hydrogens (tertiary/aromatic N) is 3. The van der Waals surface area contributed by atoms with Gasteiger partial charge in [-0.1, -0.05) is 0 Å². The molecule has 1 N–H and O–H groups in total. The Balaban J connectivity index is 2.39. The Morgan fingerprint density at radius 3 is 2.40 bits per heavy atom. The molecule has 0 aliphatic carbocycles.